The lowest BCUT2D eigenvalue weighted by Gasteiger charge is -2.29. The van der Waals surface area contributed by atoms with Gasteiger partial charge in [0, 0.05) is 11.1 Å². The van der Waals surface area contributed by atoms with Gasteiger partial charge in [-0.25, -0.2) is 0 Å². The molecule has 0 saturated heterocycles. The highest BCUT2D eigenvalue weighted by Gasteiger charge is 2.32. The smallest absolute Gasteiger partial charge is 0.298 e. The number of hydrogen-bond donors (Lipinski definition) is 4. The molecule has 4 rings (SSSR count). The van der Waals surface area contributed by atoms with Gasteiger partial charge >= 0.3 is 0 Å². The Hall–Kier alpha value is -3.95. The van der Waals surface area contributed by atoms with Crippen LogP contribution < -0.4 is 9.47 Å². The molecule has 4 aromatic carbocycles. The number of rotatable bonds is 14. The molecule has 0 bridgehead atoms. The minimum Gasteiger partial charge on any atom is -0.486 e. The summed E-state index contributed by atoms with van der Waals surface area (Å²) < 4.78 is 151. The first-order valence-corrected chi connectivity index (χ1v) is 21.6. The number of ether oxygens (including phenoxy) is 2. The summed E-state index contributed by atoms with van der Waals surface area (Å²) in [5.41, 5.74) is -2.02. The summed E-state index contributed by atoms with van der Waals surface area (Å²) in [6.45, 7) is 10.5. The third-order valence-electron chi connectivity index (χ3n) is 9.20. The van der Waals surface area contributed by atoms with Crippen LogP contribution in [-0.2, 0) is 45.9 Å². The number of carbonyl (C=O) groups excluding carboxylic acids is 1. The lowest BCUT2D eigenvalue weighted by atomic mass is 9.77. The average molecular weight is 815 g/mol. The zero-order valence-corrected chi connectivity index (χ0v) is 32.6. The topological polar surface area (TPSA) is 253 Å². The standard InChI is InChI=1S/C34H38O15S4/c1-7-33(4,5)49-27-15-22-14-26(30(52(42,43)44)18-23(22)19-31(27)53(45,46)47)48-25-13-11-21(17-29(25)51(39,40)41)32(35)20-10-12-24(34(6,8-2)9-3)28(16-20)50(36,37)38/h10-19H,7-9H2,1-6H3,(H,36,37,38)(H,39,40,41)(H,42,43,44)(H,45,46,47). The number of benzene rings is 4. The van der Waals surface area contributed by atoms with Gasteiger partial charge in [0.25, 0.3) is 40.5 Å². The second-order valence-electron chi connectivity index (χ2n) is 13.1. The summed E-state index contributed by atoms with van der Waals surface area (Å²) >= 11 is 0. The van der Waals surface area contributed by atoms with Crippen molar-refractivity contribution >= 4 is 57.0 Å². The lowest BCUT2D eigenvalue weighted by molar-refractivity contribution is 0.101. The van der Waals surface area contributed by atoms with Crippen LogP contribution in [0.5, 0.6) is 17.2 Å². The first-order chi connectivity index (χ1) is 24.1. The molecule has 0 amide bonds. The maximum atomic E-state index is 13.6. The van der Waals surface area contributed by atoms with E-state index in [2.05, 4.69) is 0 Å². The third-order valence-corrected chi connectivity index (χ3v) is 12.7. The third kappa shape index (κ3) is 9.06. The van der Waals surface area contributed by atoms with E-state index in [9.17, 15) is 56.7 Å². The van der Waals surface area contributed by atoms with Crippen LogP contribution in [0.1, 0.15) is 82.3 Å². The molecule has 0 atom stereocenters. The molecule has 19 heteroatoms. The Kier molecular flexibility index (Phi) is 11.3. The van der Waals surface area contributed by atoms with Crippen LogP contribution in [0, 0.1) is 0 Å². The molecule has 0 unspecified atom stereocenters. The van der Waals surface area contributed by atoms with E-state index in [1.807, 2.05) is 13.8 Å². The second kappa shape index (κ2) is 14.4. The van der Waals surface area contributed by atoms with E-state index < -0.39 is 88.4 Å². The highest BCUT2D eigenvalue weighted by atomic mass is 32.2. The first kappa shape index (κ1) is 41.8. The Morgan fingerprint density at radius 1 is 0.547 bits per heavy atom. The minimum atomic E-state index is -5.24. The van der Waals surface area contributed by atoms with Gasteiger partial charge in [0.2, 0.25) is 0 Å². The number of hydrogen-bond acceptors (Lipinski definition) is 11. The molecule has 4 aromatic rings. The van der Waals surface area contributed by atoms with Gasteiger partial charge in [0.1, 0.15) is 37.5 Å². The van der Waals surface area contributed by atoms with E-state index in [4.69, 9.17) is 9.47 Å². The molecule has 0 aliphatic heterocycles. The second-order valence-corrected chi connectivity index (χ2v) is 18.7. The van der Waals surface area contributed by atoms with Crippen molar-refractivity contribution in [2.45, 2.75) is 91.4 Å². The predicted molar refractivity (Wildman–Crippen MR) is 193 cm³/mol. The summed E-state index contributed by atoms with van der Waals surface area (Å²) in [6.07, 6.45) is 1.38. The van der Waals surface area contributed by atoms with Crippen LogP contribution in [0.3, 0.4) is 0 Å². The van der Waals surface area contributed by atoms with Crippen molar-refractivity contribution in [1.29, 1.82) is 0 Å². The number of fused-ring (bicyclic) bond motifs is 1. The zero-order chi connectivity index (χ0) is 40.1. The van der Waals surface area contributed by atoms with Crippen molar-refractivity contribution in [3.05, 3.63) is 77.4 Å². The highest BCUT2D eigenvalue weighted by Crippen LogP contribution is 2.41. The Labute approximate surface area is 308 Å². The quantitative estimate of drug-likeness (QED) is 0.0783. The van der Waals surface area contributed by atoms with E-state index >= 15 is 0 Å². The molecular formula is C34H38O15S4. The lowest BCUT2D eigenvalue weighted by Crippen LogP contribution is -2.27. The van der Waals surface area contributed by atoms with Gasteiger partial charge in [0.05, 0.1) is 4.90 Å². The van der Waals surface area contributed by atoms with Crippen molar-refractivity contribution < 1.29 is 66.2 Å². The zero-order valence-electron chi connectivity index (χ0n) is 29.3. The molecule has 0 fully saturated rings. The summed E-state index contributed by atoms with van der Waals surface area (Å²) in [7, 11) is -20.2. The van der Waals surface area contributed by atoms with Gasteiger partial charge in [-0.15, -0.1) is 0 Å². The molecule has 0 saturated carbocycles. The Bertz CT molecular complexity index is 2570. The van der Waals surface area contributed by atoms with Gasteiger partial charge in [-0.3, -0.25) is 23.0 Å². The minimum absolute atomic E-state index is 0.0437. The Morgan fingerprint density at radius 3 is 1.43 bits per heavy atom. The van der Waals surface area contributed by atoms with Crippen molar-refractivity contribution in [1.82, 2.24) is 0 Å². The fraction of sp³-hybridized carbons (Fsp3) is 0.324. The van der Waals surface area contributed by atoms with Gasteiger partial charge in [-0.05, 0) is 103 Å². The van der Waals surface area contributed by atoms with Crippen molar-refractivity contribution in [3.8, 4) is 17.2 Å². The van der Waals surface area contributed by atoms with Crippen LogP contribution in [0.4, 0.5) is 0 Å². The predicted octanol–water partition coefficient (Wildman–Crippen LogP) is 6.50. The Morgan fingerprint density at radius 2 is 0.962 bits per heavy atom. The molecule has 0 aliphatic rings. The molecule has 0 spiro atoms. The summed E-state index contributed by atoms with van der Waals surface area (Å²) in [4.78, 5) is 10.3. The van der Waals surface area contributed by atoms with Crippen LogP contribution in [0.25, 0.3) is 10.8 Å². The van der Waals surface area contributed by atoms with Crippen molar-refractivity contribution in [2.75, 3.05) is 0 Å². The van der Waals surface area contributed by atoms with Crippen LogP contribution in [0.2, 0.25) is 0 Å². The van der Waals surface area contributed by atoms with E-state index in [1.54, 1.807) is 27.7 Å². The van der Waals surface area contributed by atoms with Gasteiger partial charge in [0.15, 0.2) is 5.78 Å². The van der Waals surface area contributed by atoms with Crippen molar-refractivity contribution in [3.63, 3.8) is 0 Å². The summed E-state index contributed by atoms with van der Waals surface area (Å²) in [6, 6.07) is 10.1. The summed E-state index contributed by atoms with van der Waals surface area (Å²) in [5.74, 6) is -2.66. The molecule has 0 radical (unpaired) electrons. The number of carbonyl (C=O) groups is 1. The molecule has 15 nitrogen and oxygen atoms in total. The van der Waals surface area contributed by atoms with E-state index in [1.165, 1.54) is 12.1 Å². The summed E-state index contributed by atoms with van der Waals surface area (Å²) in [5, 5.41) is -0.0918. The van der Waals surface area contributed by atoms with Crippen molar-refractivity contribution in [2.24, 2.45) is 0 Å². The highest BCUT2D eigenvalue weighted by molar-refractivity contribution is 7.86. The first-order valence-electron chi connectivity index (χ1n) is 15.9. The monoisotopic (exact) mass is 814 g/mol. The SMILES string of the molecule is CCC(C)(C)Oc1cc2cc(Oc3ccc(C(=O)c4ccc(C(C)(CC)CC)c(S(=O)(=O)O)c4)cc3S(=O)(=O)O)c(S(=O)(=O)O)cc2cc1S(=O)(=O)O. The maximum Gasteiger partial charge on any atom is 0.298 e. The van der Waals surface area contributed by atoms with Gasteiger partial charge in [-0.2, -0.15) is 33.7 Å². The molecule has 4 N–H and O–H groups in total. The van der Waals surface area contributed by atoms with Gasteiger partial charge < -0.3 is 9.47 Å². The molecule has 0 aliphatic carbocycles. The maximum absolute atomic E-state index is 13.6. The fourth-order valence-electron chi connectivity index (χ4n) is 5.43. The fourth-order valence-corrected chi connectivity index (χ4v) is 8.20. The van der Waals surface area contributed by atoms with E-state index in [0.717, 1.165) is 42.5 Å². The average Bonchev–Trinajstić information content (AvgIpc) is 3.05. The van der Waals surface area contributed by atoms with Crippen LogP contribution in [-0.4, -0.2) is 63.3 Å². The molecule has 288 valence electrons. The van der Waals surface area contributed by atoms with E-state index in [0.29, 0.717) is 25.3 Å². The molecule has 0 aromatic heterocycles. The molecular weight excluding hydrogens is 777 g/mol. The molecule has 0 heterocycles. The van der Waals surface area contributed by atoms with Crippen LogP contribution in [0.15, 0.2) is 80.2 Å². The normalized spacial score (nSPS) is 13.2. The van der Waals surface area contributed by atoms with Gasteiger partial charge in [-0.1, -0.05) is 39.8 Å². The molecule has 53 heavy (non-hydrogen) atoms. The van der Waals surface area contributed by atoms with Crippen LogP contribution >= 0.6 is 0 Å². The Balaban J connectivity index is 1.90. The van der Waals surface area contributed by atoms with E-state index in [-0.39, 0.29) is 33.2 Å². The number of ketones is 1. The largest absolute Gasteiger partial charge is 0.486 e.